The number of carbonyl (C=O) groups excluding carboxylic acids is 1. The van der Waals surface area contributed by atoms with Crippen molar-refractivity contribution in [3.8, 4) is 11.5 Å². The summed E-state index contributed by atoms with van der Waals surface area (Å²) in [5.41, 5.74) is 1.70. The highest BCUT2D eigenvalue weighted by Gasteiger charge is 2.24. The fourth-order valence-electron chi connectivity index (χ4n) is 3.49. The molecule has 0 bridgehead atoms. The molecule has 0 atom stereocenters. The van der Waals surface area contributed by atoms with Gasteiger partial charge in [-0.05, 0) is 30.0 Å². The van der Waals surface area contributed by atoms with E-state index in [1.807, 2.05) is 36.4 Å². The van der Waals surface area contributed by atoms with Gasteiger partial charge in [0.05, 0.1) is 18.5 Å². The third-order valence-corrected chi connectivity index (χ3v) is 4.95. The summed E-state index contributed by atoms with van der Waals surface area (Å²) in [5.74, 6) is 0.822. The first-order valence-corrected chi connectivity index (χ1v) is 9.77. The van der Waals surface area contributed by atoms with Crippen molar-refractivity contribution < 1.29 is 14.3 Å². The SMILES string of the molecule is CCCCCCCCC(=O)Oc1c(OC)cc2ccnc3c2c1N(C)C=C3. The first kappa shape index (κ1) is 19.2. The maximum atomic E-state index is 12.5. The first-order chi connectivity index (χ1) is 13.2. The Morgan fingerprint density at radius 2 is 1.96 bits per heavy atom. The third-order valence-electron chi connectivity index (χ3n) is 4.95. The van der Waals surface area contributed by atoms with Crippen molar-refractivity contribution in [3.63, 3.8) is 0 Å². The summed E-state index contributed by atoms with van der Waals surface area (Å²) in [6.07, 6.45) is 12.9. The maximum absolute atomic E-state index is 12.5. The van der Waals surface area contributed by atoms with Crippen LogP contribution in [0.15, 0.2) is 24.5 Å². The summed E-state index contributed by atoms with van der Waals surface area (Å²) in [6, 6.07) is 3.85. The Hall–Kier alpha value is -2.56. The summed E-state index contributed by atoms with van der Waals surface area (Å²) in [7, 11) is 3.53. The second-order valence-corrected chi connectivity index (χ2v) is 6.97. The summed E-state index contributed by atoms with van der Waals surface area (Å²) < 4.78 is 11.3. The van der Waals surface area contributed by atoms with Crippen LogP contribution < -0.4 is 14.4 Å². The van der Waals surface area contributed by atoms with Crippen LogP contribution in [0.5, 0.6) is 11.5 Å². The molecule has 0 unspecified atom stereocenters. The number of hydrogen-bond donors (Lipinski definition) is 0. The van der Waals surface area contributed by atoms with Crippen LogP contribution in [0.2, 0.25) is 0 Å². The van der Waals surface area contributed by atoms with Crippen molar-refractivity contribution in [3.05, 3.63) is 30.2 Å². The van der Waals surface area contributed by atoms with Gasteiger partial charge in [-0.1, -0.05) is 39.0 Å². The van der Waals surface area contributed by atoms with Gasteiger partial charge in [-0.2, -0.15) is 0 Å². The van der Waals surface area contributed by atoms with Crippen LogP contribution in [-0.2, 0) is 4.79 Å². The molecule has 1 aliphatic heterocycles. The molecule has 27 heavy (non-hydrogen) atoms. The number of carbonyl (C=O) groups is 1. The number of rotatable bonds is 9. The van der Waals surface area contributed by atoms with Gasteiger partial charge in [-0.15, -0.1) is 0 Å². The van der Waals surface area contributed by atoms with Gasteiger partial charge < -0.3 is 14.4 Å². The van der Waals surface area contributed by atoms with E-state index < -0.39 is 0 Å². The Bertz CT molecular complexity index is 845. The lowest BCUT2D eigenvalue weighted by molar-refractivity contribution is -0.134. The summed E-state index contributed by atoms with van der Waals surface area (Å²) >= 11 is 0. The van der Waals surface area contributed by atoms with Crippen LogP contribution in [0.1, 0.15) is 57.6 Å². The lowest BCUT2D eigenvalue weighted by atomic mass is 10.0. The Labute approximate surface area is 161 Å². The number of hydrogen-bond acceptors (Lipinski definition) is 5. The van der Waals surface area contributed by atoms with Gasteiger partial charge in [-0.25, -0.2) is 0 Å². The molecule has 2 heterocycles. The normalized spacial score (nSPS) is 12.5. The molecule has 0 N–H and O–H groups in total. The number of ether oxygens (including phenoxy) is 2. The van der Waals surface area contributed by atoms with E-state index in [0.29, 0.717) is 17.9 Å². The van der Waals surface area contributed by atoms with Crippen LogP contribution in [-0.4, -0.2) is 25.1 Å². The highest BCUT2D eigenvalue weighted by molar-refractivity contribution is 6.06. The molecule has 2 aromatic rings. The number of pyridine rings is 1. The van der Waals surface area contributed by atoms with Gasteiger partial charge in [0, 0.05) is 31.3 Å². The molecule has 5 heteroatoms. The zero-order valence-electron chi connectivity index (χ0n) is 16.5. The monoisotopic (exact) mass is 368 g/mol. The number of anilines is 1. The molecule has 5 nitrogen and oxygen atoms in total. The molecule has 0 radical (unpaired) electrons. The zero-order valence-corrected chi connectivity index (χ0v) is 16.5. The maximum Gasteiger partial charge on any atom is 0.311 e. The second-order valence-electron chi connectivity index (χ2n) is 6.97. The van der Waals surface area contributed by atoms with E-state index in [0.717, 1.165) is 35.0 Å². The van der Waals surface area contributed by atoms with E-state index in [4.69, 9.17) is 9.47 Å². The lowest BCUT2D eigenvalue weighted by Crippen LogP contribution is -2.17. The van der Waals surface area contributed by atoms with E-state index in [9.17, 15) is 4.79 Å². The first-order valence-electron chi connectivity index (χ1n) is 9.77. The molecule has 0 spiro atoms. The minimum atomic E-state index is -0.215. The zero-order chi connectivity index (χ0) is 19.2. The van der Waals surface area contributed by atoms with Crippen LogP contribution in [0.4, 0.5) is 5.69 Å². The van der Waals surface area contributed by atoms with Gasteiger partial charge in [0.25, 0.3) is 0 Å². The van der Waals surface area contributed by atoms with E-state index in [1.165, 1.54) is 25.7 Å². The fourth-order valence-corrected chi connectivity index (χ4v) is 3.49. The predicted octanol–water partition coefficient (Wildman–Crippen LogP) is 5.32. The Morgan fingerprint density at radius 1 is 1.19 bits per heavy atom. The highest BCUT2D eigenvalue weighted by Crippen LogP contribution is 2.46. The van der Waals surface area contributed by atoms with Crippen molar-refractivity contribution in [2.24, 2.45) is 0 Å². The van der Waals surface area contributed by atoms with Crippen LogP contribution in [0, 0.1) is 0 Å². The standard InChI is InChI=1S/C22H28N2O3/c1-4-5-6-7-8-9-10-19(25)27-22-18(26-3)15-16-11-13-23-17-12-14-24(2)21(22)20(16)17/h11-15H,4-10H2,1-3H3. The Morgan fingerprint density at radius 3 is 2.74 bits per heavy atom. The van der Waals surface area contributed by atoms with Crippen molar-refractivity contribution in [1.82, 2.24) is 4.98 Å². The average molecular weight is 368 g/mol. The second kappa shape index (κ2) is 8.89. The summed E-state index contributed by atoms with van der Waals surface area (Å²) in [6.45, 7) is 2.20. The minimum Gasteiger partial charge on any atom is -0.493 e. The number of nitrogens with zero attached hydrogens (tertiary/aromatic N) is 2. The molecule has 0 saturated heterocycles. The Balaban J connectivity index is 1.79. The topological polar surface area (TPSA) is 51.7 Å². The number of methoxy groups -OCH3 is 1. The molecular weight excluding hydrogens is 340 g/mol. The molecule has 3 rings (SSSR count). The van der Waals surface area contributed by atoms with E-state index >= 15 is 0 Å². The smallest absolute Gasteiger partial charge is 0.311 e. The van der Waals surface area contributed by atoms with E-state index in [-0.39, 0.29) is 5.97 Å². The number of benzene rings is 1. The molecular formula is C22H28N2O3. The minimum absolute atomic E-state index is 0.215. The molecule has 0 aliphatic carbocycles. The largest absolute Gasteiger partial charge is 0.493 e. The molecule has 1 aliphatic rings. The number of aromatic nitrogens is 1. The molecule has 0 fully saturated rings. The van der Waals surface area contributed by atoms with Crippen molar-refractivity contribution in [2.45, 2.75) is 51.9 Å². The van der Waals surface area contributed by atoms with Crippen molar-refractivity contribution >= 4 is 28.5 Å². The van der Waals surface area contributed by atoms with Crippen molar-refractivity contribution in [1.29, 1.82) is 0 Å². The average Bonchev–Trinajstić information content (AvgIpc) is 2.68. The molecule has 1 aromatic heterocycles. The van der Waals surface area contributed by atoms with E-state index in [1.54, 1.807) is 13.3 Å². The predicted molar refractivity (Wildman–Crippen MR) is 109 cm³/mol. The molecule has 144 valence electrons. The van der Waals surface area contributed by atoms with Gasteiger partial charge in [-0.3, -0.25) is 9.78 Å². The lowest BCUT2D eigenvalue weighted by Gasteiger charge is -2.25. The van der Waals surface area contributed by atoms with Crippen LogP contribution >= 0.6 is 0 Å². The van der Waals surface area contributed by atoms with Gasteiger partial charge in [0.15, 0.2) is 11.5 Å². The molecule has 1 aromatic carbocycles. The van der Waals surface area contributed by atoms with Gasteiger partial charge in [0.1, 0.15) is 0 Å². The fraction of sp³-hybridized carbons (Fsp3) is 0.455. The van der Waals surface area contributed by atoms with Crippen LogP contribution in [0.25, 0.3) is 16.8 Å². The number of unbranched alkanes of at least 4 members (excludes halogenated alkanes) is 5. The molecule has 0 amide bonds. The summed E-state index contributed by atoms with van der Waals surface area (Å²) in [5, 5.41) is 1.99. The quantitative estimate of drug-likeness (QED) is 0.341. The number of esters is 1. The third kappa shape index (κ3) is 4.24. The highest BCUT2D eigenvalue weighted by atomic mass is 16.6. The molecule has 0 saturated carbocycles. The summed E-state index contributed by atoms with van der Waals surface area (Å²) in [4.78, 5) is 18.8. The van der Waals surface area contributed by atoms with Crippen molar-refractivity contribution in [2.75, 3.05) is 19.1 Å². The van der Waals surface area contributed by atoms with Crippen LogP contribution in [0.3, 0.4) is 0 Å². The Kier molecular flexibility index (Phi) is 6.32. The van der Waals surface area contributed by atoms with Gasteiger partial charge >= 0.3 is 5.97 Å². The van der Waals surface area contributed by atoms with E-state index in [2.05, 4.69) is 11.9 Å². The van der Waals surface area contributed by atoms with Gasteiger partial charge in [0.2, 0.25) is 0 Å².